The average molecular weight is 233 g/mol. The normalized spacial score (nSPS) is 26.9. The second kappa shape index (κ2) is 4.61. The molecule has 1 aliphatic rings. The summed E-state index contributed by atoms with van der Waals surface area (Å²) in [5.74, 6) is 0. The van der Waals surface area contributed by atoms with Crippen molar-refractivity contribution in [2.24, 2.45) is 0 Å². The van der Waals surface area contributed by atoms with Gasteiger partial charge in [0.2, 0.25) is 0 Å². The van der Waals surface area contributed by atoms with Crippen LogP contribution in [0, 0.1) is 0 Å². The third-order valence-electron chi connectivity index (χ3n) is 2.19. The van der Waals surface area contributed by atoms with E-state index in [1.807, 2.05) is 27.0 Å². The van der Waals surface area contributed by atoms with E-state index >= 15 is 0 Å². The first-order valence-corrected chi connectivity index (χ1v) is 6.31. The zero-order valence-corrected chi connectivity index (χ0v) is 10.5. The van der Waals surface area contributed by atoms with Crippen molar-refractivity contribution < 1.29 is 14.6 Å². The summed E-state index contributed by atoms with van der Waals surface area (Å²) in [5, 5.41) is 9.75. The maximum Gasteiger partial charge on any atom is 0.410 e. The van der Waals surface area contributed by atoms with E-state index in [9.17, 15) is 9.90 Å². The Morgan fingerprint density at radius 1 is 1.47 bits per heavy atom. The number of thioether (sulfide) groups is 1. The van der Waals surface area contributed by atoms with Gasteiger partial charge in [-0.15, -0.1) is 0 Å². The van der Waals surface area contributed by atoms with Crippen molar-refractivity contribution in [3.8, 4) is 0 Å². The molecule has 2 unspecified atom stereocenters. The van der Waals surface area contributed by atoms with E-state index in [-0.39, 0.29) is 11.3 Å². The van der Waals surface area contributed by atoms with Gasteiger partial charge in [0.15, 0.2) is 0 Å². The molecule has 88 valence electrons. The van der Waals surface area contributed by atoms with Crippen LogP contribution in [0.15, 0.2) is 0 Å². The molecule has 1 rings (SSSR count). The van der Waals surface area contributed by atoms with Gasteiger partial charge in [0.25, 0.3) is 0 Å². The van der Waals surface area contributed by atoms with Crippen LogP contribution in [-0.2, 0) is 4.74 Å². The maximum atomic E-state index is 11.7. The van der Waals surface area contributed by atoms with E-state index in [4.69, 9.17) is 4.74 Å². The lowest BCUT2D eigenvalue weighted by Crippen LogP contribution is -2.35. The van der Waals surface area contributed by atoms with Crippen molar-refractivity contribution in [1.82, 2.24) is 4.90 Å². The fourth-order valence-electron chi connectivity index (χ4n) is 1.46. The van der Waals surface area contributed by atoms with Gasteiger partial charge in [0.1, 0.15) is 5.60 Å². The molecule has 1 amide bonds. The summed E-state index contributed by atoms with van der Waals surface area (Å²) in [4.78, 5) is 13.2. The highest BCUT2D eigenvalue weighted by Gasteiger charge is 2.35. The van der Waals surface area contributed by atoms with E-state index in [0.717, 1.165) is 0 Å². The number of aliphatic hydroxyl groups excluding tert-OH is 1. The SMILES string of the molecule is CSC1CN(C(=O)OC(C)(C)C)CC1O. The third-order valence-corrected chi connectivity index (χ3v) is 3.26. The molecule has 2 atom stereocenters. The van der Waals surface area contributed by atoms with Crippen LogP contribution in [0.3, 0.4) is 0 Å². The van der Waals surface area contributed by atoms with Crippen LogP contribution < -0.4 is 0 Å². The van der Waals surface area contributed by atoms with Crippen molar-refractivity contribution >= 4 is 17.9 Å². The van der Waals surface area contributed by atoms with Gasteiger partial charge >= 0.3 is 6.09 Å². The number of aliphatic hydroxyl groups is 1. The van der Waals surface area contributed by atoms with Gasteiger partial charge < -0.3 is 14.7 Å². The number of nitrogens with zero attached hydrogens (tertiary/aromatic N) is 1. The second-order valence-electron chi connectivity index (χ2n) is 4.73. The van der Waals surface area contributed by atoms with E-state index < -0.39 is 11.7 Å². The monoisotopic (exact) mass is 233 g/mol. The zero-order chi connectivity index (χ0) is 11.6. The second-order valence-corrected chi connectivity index (χ2v) is 5.80. The number of carbonyl (C=O) groups excluding carboxylic acids is 1. The van der Waals surface area contributed by atoms with Crippen molar-refractivity contribution in [3.63, 3.8) is 0 Å². The fraction of sp³-hybridized carbons (Fsp3) is 0.900. The van der Waals surface area contributed by atoms with E-state index in [2.05, 4.69) is 0 Å². The summed E-state index contributed by atoms with van der Waals surface area (Å²) in [6.45, 7) is 6.45. The number of rotatable bonds is 1. The topological polar surface area (TPSA) is 49.8 Å². The van der Waals surface area contributed by atoms with Crippen molar-refractivity contribution in [2.45, 2.75) is 37.7 Å². The molecule has 0 aromatic rings. The van der Waals surface area contributed by atoms with Crippen LogP contribution in [0.2, 0.25) is 0 Å². The van der Waals surface area contributed by atoms with Crippen LogP contribution >= 0.6 is 11.8 Å². The summed E-state index contributed by atoms with van der Waals surface area (Å²) in [7, 11) is 0. The van der Waals surface area contributed by atoms with Gasteiger partial charge in [-0.3, -0.25) is 0 Å². The molecule has 0 aliphatic carbocycles. The molecule has 0 aromatic heterocycles. The molecule has 0 spiro atoms. The zero-order valence-electron chi connectivity index (χ0n) is 9.69. The number of likely N-dealkylation sites (tertiary alicyclic amines) is 1. The minimum atomic E-state index is -0.473. The van der Waals surface area contributed by atoms with Crippen molar-refractivity contribution in [2.75, 3.05) is 19.3 Å². The summed E-state index contributed by atoms with van der Waals surface area (Å²) in [6.07, 6.45) is 1.16. The first-order chi connectivity index (χ1) is 6.83. The summed E-state index contributed by atoms with van der Waals surface area (Å²) in [6, 6.07) is 0. The Labute approximate surface area is 95.0 Å². The van der Waals surface area contributed by atoms with Crippen molar-refractivity contribution in [3.05, 3.63) is 0 Å². The Bertz CT molecular complexity index is 239. The molecule has 1 fully saturated rings. The van der Waals surface area contributed by atoms with Gasteiger partial charge in [-0.1, -0.05) is 0 Å². The molecule has 5 heteroatoms. The Hall–Kier alpha value is -0.420. The lowest BCUT2D eigenvalue weighted by molar-refractivity contribution is 0.0270. The van der Waals surface area contributed by atoms with Crippen LogP contribution in [0.5, 0.6) is 0 Å². The minimum Gasteiger partial charge on any atom is -0.444 e. The quantitative estimate of drug-likeness (QED) is 0.742. The Morgan fingerprint density at radius 3 is 2.47 bits per heavy atom. The fourth-order valence-corrected chi connectivity index (χ4v) is 2.19. The Balaban J connectivity index is 2.50. The molecule has 0 radical (unpaired) electrons. The van der Waals surface area contributed by atoms with Crippen LogP contribution in [0.25, 0.3) is 0 Å². The molecule has 0 aromatic carbocycles. The first-order valence-electron chi connectivity index (χ1n) is 5.02. The minimum absolute atomic E-state index is 0.109. The molecule has 0 saturated carbocycles. The highest BCUT2D eigenvalue weighted by Crippen LogP contribution is 2.22. The highest BCUT2D eigenvalue weighted by atomic mass is 32.2. The van der Waals surface area contributed by atoms with E-state index in [0.29, 0.717) is 13.1 Å². The number of ether oxygens (including phenoxy) is 1. The van der Waals surface area contributed by atoms with Gasteiger partial charge in [0, 0.05) is 11.8 Å². The predicted octanol–water partition coefficient (Wildman–Crippen LogP) is 1.33. The molecular weight excluding hydrogens is 214 g/mol. The number of β-amino-alcohol motifs (C(OH)–C–C–N with tert-alkyl or cyclic N) is 1. The maximum absolute atomic E-state index is 11.7. The Kier molecular flexibility index (Phi) is 3.89. The first kappa shape index (κ1) is 12.6. The molecule has 1 N–H and O–H groups in total. The molecule has 1 heterocycles. The molecule has 1 aliphatic heterocycles. The highest BCUT2D eigenvalue weighted by molar-refractivity contribution is 7.99. The van der Waals surface area contributed by atoms with Crippen LogP contribution in [-0.4, -0.2) is 52.4 Å². The predicted molar refractivity (Wildman–Crippen MR) is 61.1 cm³/mol. The number of carbonyl (C=O) groups is 1. The lowest BCUT2D eigenvalue weighted by atomic mass is 10.2. The average Bonchev–Trinajstić information content (AvgIpc) is 2.43. The third kappa shape index (κ3) is 3.57. The number of hydrogen-bond donors (Lipinski definition) is 1. The lowest BCUT2D eigenvalue weighted by Gasteiger charge is -2.24. The van der Waals surface area contributed by atoms with Gasteiger partial charge in [-0.2, -0.15) is 11.8 Å². The Morgan fingerprint density at radius 2 is 2.07 bits per heavy atom. The summed E-state index contributed by atoms with van der Waals surface area (Å²) >= 11 is 1.58. The summed E-state index contributed by atoms with van der Waals surface area (Å²) < 4.78 is 5.23. The van der Waals surface area contributed by atoms with Gasteiger partial charge in [-0.05, 0) is 27.0 Å². The molecule has 1 saturated heterocycles. The number of hydrogen-bond acceptors (Lipinski definition) is 4. The largest absolute Gasteiger partial charge is 0.444 e. The van der Waals surface area contributed by atoms with Crippen LogP contribution in [0.1, 0.15) is 20.8 Å². The van der Waals surface area contributed by atoms with E-state index in [1.54, 1.807) is 16.7 Å². The molecular formula is C10H19NO3S. The van der Waals surface area contributed by atoms with Crippen LogP contribution in [0.4, 0.5) is 4.79 Å². The molecule has 0 bridgehead atoms. The van der Waals surface area contributed by atoms with Gasteiger partial charge in [-0.25, -0.2) is 4.79 Å². The molecule has 15 heavy (non-hydrogen) atoms. The smallest absolute Gasteiger partial charge is 0.410 e. The number of amides is 1. The van der Waals surface area contributed by atoms with Gasteiger partial charge in [0.05, 0.1) is 12.6 Å². The molecule has 4 nitrogen and oxygen atoms in total. The van der Waals surface area contributed by atoms with Crippen molar-refractivity contribution in [1.29, 1.82) is 0 Å². The summed E-state index contributed by atoms with van der Waals surface area (Å²) in [5.41, 5.74) is -0.473. The van der Waals surface area contributed by atoms with E-state index in [1.165, 1.54) is 0 Å². The standard InChI is InChI=1S/C10H19NO3S/c1-10(2,3)14-9(13)11-5-7(12)8(6-11)15-4/h7-8,12H,5-6H2,1-4H3.